The summed E-state index contributed by atoms with van der Waals surface area (Å²) in [4.78, 5) is 37.4. The number of aromatic amines is 1. The van der Waals surface area contributed by atoms with E-state index in [1.165, 1.54) is 29.1 Å². The maximum absolute atomic E-state index is 13.5. The van der Waals surface area contributed by atoms with Gasteiger partial charge in [-0.3, -0.25) is 24.0 Å². The molecule has 0 radical (unpaired) electrons. The second-order valence-electron chi connectivity index (χ2n) is 7.87. The van der Waals surface area contributed by atoms with Crippen LogP contribution in [-0.2, 0) is 24.1 Å². The second-order valence-corrected chi connectivity index (χ2v) is 9.30. The number of rotatable bonds is 5. The molecule has 0 saturated carbocycles. The van der Waals surface area contributed by atoms with Gasteiger partial charge in [0, 0.05) is 16.5 Å². The number of aromatic nitrogens is 3. The summed E-state index contributed by atoms with van der Waals surface area (Å²) in [5.41, 5.74) is -0.0983. The molecular weight excluding hydrogens is 521 g/mol. The van der Waals surface area contributed by atoms with Crippen molar-refractivity contribution in [1.82, 2.24) is 19.8 Å². The number of benzene rings is 2. The number of hydrogen-bond acceptors (Lipinski definition) is 6. The highest BCUT2D eigenvalue weighted by Gasteiger charge is 2.36. The molecular formula is C23H14ClF3N4O4S. The lowest BCUT2D eigenvalue weighted by Gasteiger charge is -2.14. The van der Waals surface area contributed by atoms with Gasteiger partial charge in [-0.05, 0) is 53.2 Å². The van der Waals surface area contributed by atoms with Crippen LogP contribution in [0, 0.1) is 0 Å². The number of halogens is 4. The Kier molecular flexibility index (Phi) is 6.00. The van der Waals surface area contributed by atoms with Crippen LogP contribution >= 0.6 is 23.4 Å². The van der Waals surface area contributed by atoms with Gasteiger partial charge in [-0.1, -0.05) is 23.7 Å². The van der Waals surface area contributed by atoms with Crippen LogP contribution in [0.15, 0.2) is 62.9 Å². The number of H-pyrrole nitrogens is 1. The first-order valence-corrected chi connectivity index (χ1v) is 11.5. The molecule has 2 aromatic carbocycles. The molecule has 2 amide bonds. The maximum Gasteiger partial charge on any atom is 0.416 e. The molecule has 0 atom stereocenters. The van der Waals surface area contributed by atoms with Crippen LogP contribution in [0.25, 0.3) is 17.0 Å². The highest BCUT2D eigenvalue weighted by Crippen LogP contribution is 2.35. The summed E-state index contributed by atoms with van der Waals surface area (Å²) in [7, 11) is 0. The third-order valence-corrected chi connectivity index (χ3v) is 6.57. The third kappa shape index (κ3) is 4.69. The SMILES string of the molecule is O=C1SC(=Cc2ccc3c(cnn3Cc3ccc(Cl)cc3C(F)(F)F)c2)C(=O)N1Cc1cc(=O)[nH]o1. The summed E-state index contributed by atoms with van der Waals surface area (Å²) in [6.45, 7) is -0.305. The van der Waals surface area contributed by atoms with Gasteiger partial charge in [-0.25, -0.2) is 0 Å². The number of carbonyl (C=O) groups excluding carboxylic acids is 2. The van der Waals surface area contributed by atoms with Gasteiger partial charge in [-0.15, -0.1) is 0 Å². The largest absolute Gasteiger partial charge is 0.416 e. The molecule has 1 saturated heterocycles. The van der Waals surface area contributed by atoms with E-state index >= 15 is 0 Å². The van der Waals surface area contributed by atoms with Gasteiger partial charge < -0.3 is 4.52 Å². The van der Waals surface area contributed by atoms with Gasteiger partial charge in [-0.2, -0.15) is 23.4 Å². The van der Waals surface area contributed by atoms with Gasteiger partial charge in [0.1, 0.15) is 0 Å². The van der Waals surface area contributed by atoms with E-state index in [1.54, 1.807) is 18.2 Å². The molecule has 1 aliphatic rings. The summed E-state index contributed by atoms with van der Waals surface area (Å²) < 4.78 is 46.7. The lowest BCUT2D eigenvalue weighted by Crippen LogP contribution is -2.27. The summed E-state index contributed by atoms with van der Waals surface area (Å²) in [6.07, 6.45) is -1.52. The van der Waals surface area contributed by atoms with Gasteiger partial charge in [0.05, 0.1) is 35.3 Å². The predicted octanol–water partition coefficient (Wildman–Crippen LogP) is 5.27. The van der Waals surface area contributed by atoms with Gasteiger partial charge in [0.2, 0.25) is 0 Å². The molecule has 36 heavy (non-hydrogen) atoms. The normalized spacial score (nSPS) is 15.6. The minimum absolute atomic E-state index is 0.0110. The topological polar surface area (TPSA) is 101 Å². The number of imide groups is 1. The molecule has 0 bridgehead atoms. The number of alkyl halides is 3. The van der Waals surface area contributed by atoms with Crippen molar-refractivity contribution < 1.29 is 27.3 Å². The molecule has 4 aromatic rings. The number of carbonyl (C=O) groups is 2. The molecule has 0 spiro atoms. The molecule has 2 aromatic heterocycles. The van der Waals surface area contributed by atoms with Crippen LogP contribution in [0.5, 0.6) is 0 Å². The van der Waals surface area contributed by atoms with Gasteiger partial charge >= 0.3 is 6.18 Å². The fourth-order valence-corrected chi connectivity index (χ4v) is 4.79. The summed E-state index contributed by atoms with van der Waals surface area (Å²) in [5, 5.41) is 6.44. The van der Waals surface area contributed by atoms with Crippen molar-refractivity contribution in [2.75, 3.05) is 0 Å². The number of nitrogens with zero attached hydrogens (tertiary/aromatic N) is 3. The molecule has 0 unspecified atom stereocenters. The molecule has 1 aliphatic heterocycles. The lowest BCUT2D eigenvalue weighted by atomic mass is 10.1. The molecule has 3 heterocycles. The molecule has 5 rings (SSSR count). The predicted molar refractivity (Wildman–Crippen MR) is 126 cm³/mol. The van der Waals surface area contributed by atoms with E-state index in [2.05, 4.69) is 10.3 Å². The first-order chi connectivity index (χ1) is 17.1. The molecule has 0 aliphatic carbocycles. The van der Waals surface area contributed by atoms with Crippen LogP contribution in [0.3, 0.4) is 0 Å². The fourth-order valence-electron chi connectivity index (χ4n) is 3.78. The Labute approximate surface area is 209 Å². The average molecular weight is 535 g/mol. The molecule has 184 valence electrons. The molecule has 1 N–H and O–H groups in total. The number of nitrogens with one attached hydrogen (secondary N) is 1. The summed E-state index contributed by atoms with van der Waals surface area (Å²) >= 11 is 6.51. The van der Waals surface area contributed by atoms with Crippen molar-refractivity contribution >= 4 is 51.5 Å². The van der Waals surface area contributed by atoms with E-state index in [-0.39, 0.29) is 34.3 Å². The fraction of sp³-hybridized carbons (Fsp3) is 0.130. The Morgan fingerprint density at radius 2 is 1.89 bits per heavy atom. The van der Waals surface area contributed by atoms with Crippen molar-refractivity contribution in [2.45, 2.75) is 19.3 Å². The van der Waals surface area contributed by atoms with E-state index < -0.39 is 28.4 Å². The molecule has 1 fully saturated rings. The van der Waals surface area contributed by atoms with Crippen LogP contribution < -0.4 is 5.56 Å². The Morgan fingerprint density at radius 3 is 2.61 bits per heavy atom. The third-order valence-electron chi connectivity index (χ3n) is 5.42. The Hall–Kier alpha value is -3.77. The van der Waals surface area contributed by atoms with Gasteiger partial charge in [0.25, 0.3) is 16.7 Å². The van der Waals surface area contributed by atoms with Crippen molar-refractivity contribution in [3.63, 3.8) is 0 Å². The number of fused-ring (bicyclic) bond motifs is 1. The Bertz CT molecular complexity index is 1600. The number of hydrogen-bond donors (Lipinski definition) is 1. The van der Waals surface area contributed by atoms with E-state index in [1.807, 2.05) is 0 Å². The summed E-state index contributed by atoms with van der Waals surface area (Å²) in [6, 6.07) is 9.82. The standard InChI is InChI=1S/C23H14ClF3N4O4S/c24-15-3-2-13(17(7-15)23(25,26)27)10-31-18-4-1-12(5-14(18)9-28-31)6-19-21(33)30(22(34)36-19)11-16-8-20(32)29-35-16/h1-9H,10-11H2,(H,29,32). The Morgan fingerprint density at radius 1 is 1.08 bits per heavy atom. The van der Waals surface area contributed by atoms with E-state index in [4.69, 9.17) is 16.1 Å². The van der Waals surface area contributed by atoms with Crippen LogP contribution in [0.1, 0.15) is 22.5 Å². The van der Waals surface area contributed by atoms with E-state index in [0.29, 0.717) is 16.5 Å². The van der Waals surface area contributed by atoms with Crippen molar-refractivity contribution in [3.05, 3.63) is 91.4 Å². The van der Waals surface area contributed by atoms with Crippen molar-refractivity contribution in [3.8, 4) is 0 Å². The highest BCUT2D eigenvalue weighted by molar-refractivity contribution is 8.18. The molecule has 13 heteroatoms. The summed E-state index contributed by atoms with van der Waals surface area (Å²) in [5.74, 6) is -0.390. The highest BCUT2D eigenvalue weighted by atomic mass is 35.5. The minimum atomic E-state index is -4.56. The minimum Gasteiger partial charge on any atom is -0.382 e. The van der Waals surface area contributed by atoms with Crippen LogP contribution in [-0.4, -0.2) is 31.0 Å². The number of amides is 2. The smallest absolute Gasteiger partial charge is 0.382 e. The van der Waals surface area contributed by atoms with E-state index in [0.717, 1.165) is 28.8 Å². The van der Waals surface area contributed by atoms with Crippen molar-refractivity contribution in [1.29, 1.82) is 0 Å². The average Bonchev–Trinajstić information content (AvgIpc) is 3.48. The number of thioether (sulfide) groups is 1. The lowest BCUT2D eigenvalue weighted by molar-refractivity contribution is -0.138. The van der Waals surface area contributed by atoms with Crippen LogP contribution in [0.4, 0.5) is 18.0 Å². The Balaban J connectivity index is 1.39. The van der Waals surface area contributed by atoms with E-state index in [9.17, 15) is 27.6 Å². The zero-order chi connectivity index (χ0) is 25.6. The second kappa shape index (κ2) is 9.03. The van der Waals surface area contributed by atoms with Gasteiger partial charge in [0.15, 0.2) is 5.76 Å². The monoisotopic (exact) mass is 534 g/mol. The first kappa shape index (κ1) is 23.9. The first-order valence-electron chi connectivity index (χ1n) is 10.3. The maximum atomic E-state index is 13.5. The quantitative estimate of drug-likeness (QED) is 0.350. The molecule has 8 nitrogen and oxygen atoms in total. The van der Waals surface area contributed by atoms with Crippen LogP contribution in [0.2, 0.25) is 5.02 Å². The van der Waals surface area contributed by atoms with Crippen molar-refractivity contribution in [2.24, 2.45) is 0 Å². The zero-order valence-electron chi connectivity index (χ0n) is 18.0. The zero-order valence-corrected chi connectivity index (χ0v) is 19.6.